The summed E-state index contributed by atoms with van der Waals surface area (Å²) >= 11 is 1.07. The summed E-state index contributed by atoms with van der Waals surface area (Å²) in [6, 6.07) is 14.0. The number of carbonyl (C=O) groups excluding carboxylic acids is 1. The number of aromatic hydroxyl groups is 1. The Balaban J connectivity index is 1.80. The van der Waals surface area contributed by atoms with E-state index in [2.05, 4.69) is 15.2 Å². The number of hydrazone groups is 1. The largest absolute Gasteiger partial charge is 0.507 e. The van der Waals surface area contributed by atoms with Crippen molar-refractivity contribution in [2.24, 2.45) is 5.10 Å². The lowest BCUT2D eigenvalue weighted by Gasteiger charge is -2.11. The summed E-state index contributed by atoms with van der Waals surface area (Å²) in [5, 5.41) is 15.8. The summed E-state index contributed by atoms with van der Waals surface area (Å²) in [5.41, 5.74) is 3.40. The first-order valence-electron chi connectivity index (χ1n) is 8.69. The molecule has 10 heteroatoms. The van der Waals surface area contributed by atoms with Crippen molar-refractivity contribution in [2.75, 3.05) is 11.8 Å². The van der Waals surface area contributed by atoms with Crippen LogP contribution in [-0.2, 0) is 10.0 Å². The number of rotatable bonds is 7. The number of para-hydroxylation sites is 1. The van der Waals surface area contributed by atoms with Crippen LogP contribution in [0.5, 0.6) is 11.5 Å². The lowest BCUT2D eigenvalue weighted by molar-refractivity contribution is 0.0955. The number of phenolic OH excluding ortho intramolecular Hbond substituents is 1. The van der Waals surface area contributed by atoms with Crippen molar-refractivity contribution >= 4 is 38.7 Å². The molecule has 156 valence electrons. The Morgan fingerprint density at radius 2 is 1.87 bits per heavy atom. The first-order chi connectivity index (χ1) is 14.3. The van der Waals surface area contributed by atoms with Gasteiger partial charge in [-0.05, 0) is 42.6 Å². The zero-order chi connectivity index (χ0) is 21.7. The van der Waals surface area contributed by atoms with Crippen molar-refractivity contribution in [3.63, 3.8) is 0 Å². The van der Waals surface area contributed by atoms with E-state index >= 15 is 0 Å². The van der Waals surface area contributed by atoms with Crippen LogP contribution in [0.2, 0.25) is 0 Å². The third-order valence-electron chi connectivity index (χ3n) is 4.10. The molecule has 30 heavy (non-hydrogen) atoms. The highest BCUT2D eigenvalue weighted by Crippen LogP contribution is 2.25. The number of methoxy groups -OCH3 is 1. The molecule has 0 fully saturated rings. The van der Waals surface area contributed by atoms with Crippen molar-refractivity contribution in [3.05, 3.63) is 71.1 Å². The van der Waals surface area contributed by atoms with Crippen LogP contribution in [0.3, 0.4) is 0 Å². The van der Waals surface area contributed by atoms with Crippen LogP contribution < -0.4 is 14.9 Å². The van der Waals surface area contributed by atoms with E-state index in [9.17, 15) is 18.3 Å². The number of nitrogens with one attached hydrogen (secondary N) is 2. The zero-order valence-corrected chi connectivity index (χ0v) is 17.8. The van der Waals surface area contributed by atoms with Crippen molar-refractivity contribution in [3.8, 4) is 11.5 Å². The Morgan fingerprint density at radius 3 is 2.53 bits per heavy atom. The van der Waals surface area contributed by atoms with Gasteiger partial charge in [-0.3, -0.25) is 9.52 Å². The van der Waals surface area contributed by atoms with Crippen molar-refractivity contribution in [1.82, 2.24) is 5.43 Å². The van der Waals surface area contributed by atoms with Gasteiger partial charge in [0.05, 0.1) is 24.1 Å². The lowest BCUT2D eigenvalue weighted by Crippen LogP contribution is -2.22. The summed E-state index contributed by atoms with van der Waals surface area (Å²) in [7, 11) is -2.32. The van der Waals surface area contributed by atoms with Gasteiger partial charge in [-0.1, -0.05) is 18.2 Å². The number of hydrogen-bond donors (Lipinski definition) is 3. The standard InChI is InChI=1S/C20H19N3O5S2/c1-13(15-10-9-14(28-2)12-18(15)24)21-22-20(25)16-6-3-4-7-17(16)23-30(26,27)19-8-5-11-29-19/h3-12,23-24H,1-2H3,(H,22,25)/b21-13+. The molecule has 0 aliphatic carbocycles. The lowest BCUT2D eigenvalue weighted by atomic mass is 10.1. The van der Waals surface area contributed by atoms with E-state index in [1.54, 1.807) is 42.6 Å². The topological polar surface area (TPSA) is 117 Å². The number of carbonyl (C=O) groups is 1. The van der Waals surface area contributed by atoms with E-state index in [0.29, 0.717) is 17.0 Å². The van der Waals surface area contributed by atoms with Gasteiger partial charge in [0, 0.05) is 11.6 Å². The van der Waals surface area contributed by atoms with Gasteiger partial charge in [0.15, 0.2) is 0 Å². The van der Waals surface area contributed by atoms with E-state index in [-0.39, 0.29) is 21.2 Å². The van der Waals surface area contributed by atoms with Gasteiger partial charge in [-0.2, -0.15) is 5.10 Å². The Labute approximate surface area is 177 Å². The molecule has 1 heterocycles. The van der Waals surface area contributed by atoms with Gasteiger partial charge >= 0.3 is 0 Å². The molecule has 2 aromatic carbocycles. The number of ether oxygens (including phenoxy) is 1. The molecule has 3 rings (SSSR count). The van der Waals surface area contributed by atoms with Crippen molar-refractivity contribution < 1.29 is 23.1 Å². The first kappa shape index (κ1) is 21.3. The average molecular weight is 446 g/mol. The predicted molar refractivity (Wildman–Crippen MR) is 116 cm³/mol. The molecule has 0 unspecified atom stereocenters. The van der Waals surface area contributed by atoms with E-state index in [0.717, 1.165) is 11.3 Å². The first-order valence-corrected chi connectivity index (χ1v) is 11.1. The molecule has 1 amide bonds. The number of thiophene rings is 1. The van der Waals surface area contributed by atoms with E-state index in [1.165, 1.54) is 31.4 Å². The highest BCUT2D eigenvalue weighted by Gasteiger charge is 2.19. The molecule has 0 aliphatic rings. The molecule has 0 saturated heterocycles. The maximum atomic E-state index is 12.6. The molecule has 3 N–H and O–H groups in total. The molecule has 3 aromatic rings. The molecule has 0 atom stereocenters. The normalized spacial score (nSPS) is 11.7. The second kappa shape index (κ2) is 8.97. The van der Waals surface area contributed by atoms with Gasteiger partial charge in [-0.25, -0.2) is 13.8 Å². The number of hydrogen-bond acceptors (Lipinski definition) is 7. The Kier molecular flexibility index (Phi) is 6.38. The summed E-state index contributed by atoms with van der Waals surface area (Å²) in [6.07, 6.45) is 0. The van der Waals surface area contributed by atoms with Crippen LogP contribution >= 0.6 is 11.3 Å². The predicted octanol–water partition coefficient (Wildman–Crippen LogP) is 3.42. The van der Waals surface area contributed by atoms with Gasteiger partial charge in [0.1, 0.15) is 15.7 Å². The van der Waals surface area contributed by atoms with E-state index in [4.69, 9.17) is 4.74 Å². The maximum absolute atomic E-state index is 12.6. The molecule has 0 aliphatic heterocycles. The minimum Gasteiger partial charge on any atom is -0.507 e. The number of benzene rings is 2. The summed E-state index contributed by atoms with van der Waals surface area (Å²) in [4.78, 5) is 12.6. The number of nitrogens with zero attached hydrogens (tertiary/aromatic N) is 1. The zero-order valence-electron chi connectivity index (χ0n) is 16.1. The molecule has 0 bridgehead atoms. The number of amides is 1. The number of anilines is 1. The second-order valence-corrected chi connectivity index (χ2v) is 8.96. The van der Waals surface area contributed by atoms with E-state index < -0.39 is 15.9 Å². The van der Waals surface area contributed by atoms with Crippen LogP contribution in [-0.4, -0.2) is 32.3 Å². The van der Waals surface area contributed by atoms with Crippen LogP contribution in [0, 0.1) is 0 Å². The van der Waals surface area contributed by atoms with Crippen LogP contribution in [0.1, 0.15) is 22.8 Å². The fraction of sp³-hybridized carbons (Fsp3) is 0.100. The monoisotopic (exact) mass is 445 g/mol. The fourth-order valence-electron chi connectivity index (χ4n) is 2.58. The number of sulfonamides is 1. The highest BCUT2D eigenvalue weighted by molar-refractivity contribution is 7.94. The van der Waals surface area contributed by atoms with Gasteiger partial charge < -0.3 is 9.84 Å². The Bertz CT molecular complexity index is 1190. The SMILES string of the molecule is COc1ccc(/C(C)=N/NC(=O)c2ccccc2NS(=O)(=O)c2cccs2)c(O)c1. The summed E-state index contributed by atoms with van der Waals surface area (Å²) in [6.45, 7) is 1.62. The molecular weight excluding hydrogens is 426 g/mol. The second-order valence-electron chi connectivity index (χ2n) is 6.10. The van der Waals surface area contributed by atoms with Gasteiger partial charge in [-0.15, -0.1) is 11.3 Å². The average Bonchev–Trinajstić information content (AvgIpc) is 3.28. The fourth-order valence-corrected chi connectivity index (χ4v) is 4.65. The molecule has 8 nitrogen and oxygen atoms in total. The summed E-state index contributed by atoms with van der Waals surface area (Å²) in [5.74, 6) is -0.166. The van der Waals surface area contributed by atoms with Crippen molar-refractivity contribution in [1.29, 1.82) is 0 Å². The Hall–Kier alpha value is -3.37. The number of phenols is 1. The van der Waals surface area contributed by atoms with Crippen molar-refractivity contribution in [2.45, 2.75) is 11.1 Å². The highest BCUT2D eigenvalue weighted by atomic mass is 32.2. The van der Waals surface area contributed by atoms with Crippen LogP contribution in [0.15, 0.2) is 69.3 Å². The van der Waals surface area contributed by atoms with E-state index in [1.807, 2.05) is 0 Å². The summed E-state index contributed by atoms with van der Waals surface area (Å²) < 4.78 is 32.6. The third kappa shape index (κ3) is 4.78. The van der Waals surface area contributed by atoms with Gasteiger partial charge in [0.25, 0.3) is 15.9 Å². The Morgan fingerprint density at radius 1 is 1.10 bits per heavy atom. The minimum absolute atomic E-state index is 0.0473. The molecule has 0 radical (unpaired) electrons. The van der Waals surface area contributed by atoms with Crippen LogP contribution in [0.4, 0.5) is 5.69 Å². The third-order valence-corrected chi connectivity index (χ3v) is 6.86. The molecule has 0 spiro atoms. The molecule has 0 saturated carbocycles. The maximum Gasteiger partial charge on any atom is 0.273 e. The molecule has 1 aromatic heterocycles. The minimum atomic E-state index is -3.80. The quantitative estimate of drug-likeness (QED) is 0.381. The smallest absolute Gasteiger partial charge is 0.273 e. The molecular formula is C20H19N3O5S2. The van der Waals surface area contributed by atoms with Crippen LogP contribution in [0.25, 0.3) is 0 Å². The van der Waals surface area contributed by atoms with Gasteiger partial charge in [0.2, 0.25) is 0 Å².